The average molecular weight is 237 g/mol. The van der Waals surface area contributed by atoms with Crippen molar-refractivity contribution in [1.82, 2.24) is 0 Å². The number of hydrogen-bond donors (Lipinski definition) is 1. The van der Waals surface area contributed by atoms with Gasteiger partial charge < -0.3 is 9.84 Å². The first kappa shape index (κ1) is 12.3. The van der Waals surface area contributed by atoms with Crippen molar-refractivity contribution in [3.05, 3.63) is 11.6 Å². The van der Waals surface area contributed by atoms with Crippen LogP contribution in [0.1, 0.15) is 32.6 Å². The van der Waals surface area contributed by atoms with E-state index in [0.29, 0.717) is 24.5 Å². The van der Waals surface area contributed by atoms with E-state index in [4.69, 9.17) is 4.74 Å². The van der Waals surface area contributed by atoms with Crippen molar-refractivity contribution in [2.75, 3.05) is 13.2 Å². The summed E-state index contributed by atoms with van der Waals surface area (Å²) in [6.45, 7) is 2.85. The van der Waals surface area contributed by atoms with Crippen LogP contribution >= 0.6 is 0 Å². The molecule has 4 nitrogen and oxygen atoms in total. The lowest BCUT2D eigenvalue weighted by Crippen LogP contribution is -2.23. The molecule has 1 heterocycles. The Morgan fingerprint density at radius 1 is 1.53 bits per heavy atom. The second-order valence-electron chi connectivity index (χ2n) is 4.56. The molecule has 1 unspecified atom stereocenters. The van der Waals surface area contributed by atoms with Gasteiger partial charge in [-0.15, -0.1) is 0 Å². The van der Waals surface area contributed by atoms with Gasteiger partial charge in [0.05, 0.1) is 18.3 Å². The van der Waals surface area contributed by atoms with Crippen LogP contribution < -0.4 is 0 Å². The van der Waals surface area contributed by atoms with E-state index < -0.39 is 12.1 Å². The summed E-state index contributed by atoms with van der Waals surface area (Å²) in [5.74, 6) is 0.0833. The summed E-state index contributed by atoms with van der Waals surface area (Å²) in [5.41, 5.74) is 1.34. The van der Waals surface area contributed by atoms with E-state index in [1.165, 1.54) is 0 Å². The van der Waals surface area contributed by atoms with Gasteiger partial charge in [0.15, 0.2) is 0 Å². The molecule has 1 aliphatic carbocycles. The van der Waals surface area contributed by atoms with Gasteiger partial charge in [-0.2, -0.15) is 0 Å². The first-order chi connectivity index (χ1) is 8.22. The zero-order valence-electron chi connectivity index (χ0n) is 10.2. The van der Waals surface area contributed by atoms with Gasteiger partial charge in [-0.25, -0.2) is 4.79 Å². The molecular weight excluding hydrogens is 218 g/mol. The third kappa shape index (κ3) is 3.16. The molecule has 0 aromatic carbocycles. The molecule has 0 bridgehead atoms. The number of esters is 1. The van der Waals surface area contributed by atoms with Crippen molar-refractivity contribution < 1.29 is 14.6 Å². The van der Waals surface area contributed by atoms with E-state index >= 15 is 0 Å². The quantitative estimate of drug-likeness (QED) is 0.756. The summed E-state index contributed by atoms with van der Waals surface area (Å²) in [6.07, 6.45) is 4.71. The Morgan fingerprint density at radius 3 is 2.94 bits per heavy atom. The highest BCUT2D eigenvalue weighted by atomic mass is 16.5. The number of carbonyl (C=O) groups is 1. The maximum absolute atomic E-state index is 11.8. The molecule has 0 amide bonds. The molecule has 1 aliphatic heterocycles. The number of carbonyl (C=O) groups excluding carboxylic acids is 1. The van der Waals surface area contributed by atoms with Gasteiger partial charge in [0.25, 0.3) is 0 Å². The van der Waals surface area contributed by atoms with Crippen LogP contribution in [-0.2, 0) is 9.53 Å². The average Bonchev–Trinajstić information content (AvgIpc) is 3.08. The molecule has 0 aromatic heterocycles. The maximum atomic E-state index is 11.8. The molecule has 1 fully saturated rings. The number of rotatable bonds is 3. The molecule has 2 rings (SSSR count). The molecule has 1 atom stereocenters. The molecule has 2 aliphatic rings. The summed E-state index contributed by atoms with van der Waals surface area (Å²) in [5, 5.41) is 9.97. The first-order valence-electron chi connectivity index (χ1n) is 6.33. The summed E-state index contributed by atoms with van der Waals surface area (Å²) in [6, 6.07) is 0. The fourth-order valence-corrected chi connectivity index (χ4v) is 1.98. The Morgan fingerprint density at radius 2 is 2.29 bits per heavy atom. The van der Waals surface area contributed by atoms with Crippen LogP contribution in [0.5, 0.6) is 0 Å². The van der Waals surface area contributed by atoms with E-state index in [2.05, 4.69) is 4.99 Å². The minimum absolute atomic E-state index is 0.332. The molecule has 0 aromatic rings. The molecule has 94 valence electrons. The van der Waals surface area contributed by atoms with Crippen molar-refractivity contribution in [3.63, 3.8) is 0 Å². The fourth-order valence-electron chi connectivity index (χ4n) is 1.98. The van der Waals surface area contributed by atoms with Crippen LogP contribution in [-0.4, -0.2) is 36.0 Å². The molecule has 0 radical (unpaired) electrons. The Bertz CT molecular complexity index is 356. The van der Waals surface area contributed by atoms with E-state index in [-0.39, 0.29) is 0 Å². The van der Waals surface area contributed by atoms with Crippen LogP contribution in [0.25, 0.3) is 0 Å². The topological polar surface area (TPSA) is 58.9 Å². The summed E-state index contributed by atoms with van der Waals surface area (Å²) >= 11 is 0. The van der Waals surface area contributed by atoms with Gasteiger partial charge in [0.2, 0.25) is 0 Å². The van der Waals surface area contributed by atoms with Crippen LogP contribution in [0.2, 0.25) is 0 Å². The van der Waals surface area contributed by atoms with Crippen molar-refractivity contribution in [3.8, 4) is 0 Å². The van der Waals surface area contributed by atoms with Gasteiger partial charge in [-0.05, 0) is 38.7 Å². The zero-order valence-corrected chi connectivity index (χ0v) is 10.2. The Balaban J connectivity index is 2.20. The number of aliphatic hydroxyl groups is 1. The summed E-state index contributed by atoms with van der Waals surface area (Å²) in [4.78, 5) is 16.3. The lowest BCUT2D eigenvalue weighted by atomic mass is 10.0. The lowest BCUT2D eigenvalue weighted by molar-refractivity contribution is -0.139. The predicted octanol–water partition coefficient (Wildman–Crippen LogP) is 1.48. The van der Waals surface area contributed by atoms with E-state index in [1.54, 1.807) is 13.0 Å². The summed E-state index contributed by atoms with van der Waals surface area (Å²) in [7, 11) is 0. The third-order valence-corrected chi connectivity index (χ3v) is 3.10. The number of allylic oxidation sites excluding steroid dienone is 1. The third-order valence-electron chi connectivity index (χ3n) is 3.10. The molecule has 1 saturated carbocycles. The molecule has 0 spiro atoms. The lowest BCUT2D eigenvalue weighted by Gasteiger charge is -2.16. The van der Waals surface area contributed by atoms with Crippen molar-refractivity contribution in [2.45, 2.75) is 38.7 Å². The van der Waals surface area contributed by atoms with Gasteiger partial charge in [-0.1, -0.05) is 0 Å². The minimum atomic E-state index is -0.710. The first-order valence-corrected chi connectivity index (χ1v) is 6.33. The Kier molecular flexibility index (Phi) is 3.94. The highest BCUT2D eigenvalue weighted by molar-refractivity contribution is 6.05. The minimum Gasteiger partial charge on any atom is -0.463 e. The Hall–Kier alpha value is -1.16. The van der Waals surface area contributed by atoms with Gasteiger partial charge in [0, 0.05) is 18.2 Å². The highest BCUT2D eigenvalue weighted by Crippen LogP contribution is 2.32. The van der Waals surface area contributed by atoms with Crippen LogP contribution in [0.3, 0.4) is 0 Å². The number of aliphatic imine (C=N–C) groups is 1. The second kappa shape index (κ2) is 5.45. The smallest absolute Gasteiger partial charge is 0.336 e. The predicted molar refractivity (Wildman–Crippen MR) is 65.0 cm³/mol. The largest absolute Gasteiger partial charge is 0.463 e. The van der Waals surface area contributed by atoms with Gasteiger partial charge in [0.1, 0.15) is 0 Å². The normalized spacial score (nSPS) is 31.5. The Labute approximate surface area is 101 Å². The monoisotopic (exact) mass is 237 g/mol. The van der Waals surface area contributed by atoms with Gasteiger partial charge >= 0.3 is 5.97 Å². The van der Waals surface area contributed by atoms with Crippen LogP contribution in [0.15, 0.2) is 16.6 Å². The second-order valence-corrected chi connectivity index (χ2v) is 4.56. The van der Waals surface area contributed by atoms with Crippen LogP contribution in [0, 0.1) is 5.92 Å². The number of nitrogens with zero attached hydrogens (tertiary/aromatic N) is 1. The van der Waals surface area contributed by atoms with Crippen molar-refractivity contribution in [1.29, 1.82) is 0 Å². The number of ether oxygens (including phenoxy) is 1. The van der Waals surface area contributed by atoms with Gasteiger partial charge in [-0.3, -0.25) is 4.99 Å². The summed E-state index contributed by atoms with van der Waals surface area (Å²) < 4.78 is 4.97. The number of hydrogen-bond acceptors (Lipinski definition) is 4. The molecule has 0 saturated heterocycles. The van der Waals surface area contributed by atoms with Crippen molar-refractivity contribution >= 4 is 11.7 Å². The fraction of sp³-hybridized carbons (Fsp3) is 0.692. The standard InChI is InChI=1S/C13H19NO3/c1-2-17-13(16)10-8-11(9-5-6-9)14-7-3-4-12(10)15/h8-9,12,15H,2-7H2,1H3/b10-8+,14-11+. The van der Waals surface area contributed by atoms with Crippen molar-refractivity contribution in [2.24, 2.45) is 10.9 Å². The maximum Gasteiger partial charge on any atom is 0.336 e. The SMILES string of the molecule is CCOC(=O)/C1=C/C(C2CC2)=N\CCCC1O. The molecular formula is C13H19NO3. The zero-order chi connectivity index (χ0) is 12.3. The molecule has 17 heavy (non-hydrogen) atoms. The van der Waals surface area contributed by atoms with E-state index in [0.717, 1.165) is 31.5 Å². The van der Waals surface area contributed by atoms with E-state index in [9.17, 15) is 9.90 Å². The van der Waals surface area contributed by atoms with Crippen LogP contribution in [0.4, 0.5) is 0 Å². The molecule has 1 N–H and O–H groups in total. The number of aliphatic hydroxyl groups excluding tert-OH is 1. The molecule has 4 heteroatoms. The highest BCUT2D eigenvalue weighted by Gasteiger charge is 2.29. The van der Waals surface area contributed by atoms with E-state index in [1.807, 2.05) is 0 Å².